The lowest BCUT2D eigenvalue weighted by atomic mass is 9.96. The molecule has 2 aromatic rings. The Labute approximate surface area is 176 Å². The lowest BCUT2D eigenvalue weighted by molar-refractivity contribution is -0.122. The third kappa shape index (κ3) is 4.39. The average molecular weight is 412 g/mol. The van der Waals surface area contributed by atoms with E-state index in [4.69, 9.17) is 15.5 Å². The molecule has 2 saturated heterocycles. The van der Waals surface area contributed by atoms with Crippen molar-refractivity contribution in [3.05, 3.63) is 30.6 Å². The van der Waals surface area contributed by atoms with Gasteiger partial charge >= 0.3 is 0 Å². The molecule has 2 aliphatic heterocycles. The van der Waals surface area contributed by atoms with Crippen LogP contribution in [-0.4, -0.2) is 66.7 Å². The minimum Gasteiger partial charge on any atom is -0.492 e. The largest absolute Gasteiger partial charge is 0.492 e. The number of nitrogens with zero attached hydrogens (tertiary/aromatic N) is 6. The van der Waals surface area contributed by atoms with E-state index in [9.17, 15) is 4.79 Å². The lowest BCUT2D eigenvalue weighted by Gasteiger charge is -2.37. The number of ether oxygens (including phenoxy) is 1. The first-order valence-electron chi connectivity index (χ1n) is 10.6. The summed E-state index contributed by atoms with van der Waals surface area (Å²) in [5.74, 6) is 2.04. The van der Waals surface area contributed by atoms with Crippen molar-refractivity contribution >= 4 is 23.5 Å². The number of hydrogen-bond donors (Lipinski definition) is 1. The van der Waals surface area contributed by atoms with Crippen molar-refractivity contribution in [1.82, 2.24) is 15.0 Å². The van der Waals surface area contributed by atoms with E-state index < -0.39 is 0 Å². The van der Waals surface area contributed by atoms with Gasteiger partial charge in [-0.1, -0.05) is 12.1 Å². The molecular weight excluding hydrogens is 382 g/mol. The Hall–Kier alpha value is -3.10. The zero-order valence-electron chi connectivity index (χ0n) is 17.4. The summed E-state index contributed by atoms with van der Waals surface area (Å²) in [5.41, 5.74) is 6.57. The fourth-order valence-corrected chi connectivity index (χ4v) is 4.09. The van der Waals surface area contributed by atoms with E-state index in [1.807, 2.05) is 25.1 Å². The molecule has 0 radical (unpaired) electrons. The van der Waals surface area contributed by atoms with Crippen molar-refractivity contribution in [1.29, 1.82) is 0 Å². The minimum absolute atomic E-state index is 0.0461. The second-order valence-corrected chi connectivity index (χ2v) is 7.62. The first-order valence-corrected chi connectivity index (χ1v) is 10.6. The Morgan fingerprint density at radius 1 is 1.00 bits per heavy atom. The van der Waals surface area contributed by atoms with Gasteiger partial charge in [-0.3, -0.25) is 4.79 Å². The van der Waals surface area contributed by atoms with Crippen molar-refractivity contribution < 1.29 is 9.53 Å². The maximum absolute atomic E-state index is 11.4. The van der Waals surface area contributed by atoms with Gasteiger partial charge in [-0.05, 0) is 31.9 Å². The van der Waals surface area contributed by atoms with Crippen LogP contribution in [0, 0.1) is 5.92 Å². The normalized spacial score (nSPS) is 17.8. The number of hydrogen-bond acceptors (Lipinski definition) is 8. The van der Waals surface area contributed by atoms with Crippen LogP contribution in [0.2, 0.25) is 0 Å². The molecule has 2 fully saturated rings. The minimum atomic E-state index is -0.213. The predicted molar refractivity (Wildman–Crippen MR) is 116 cm³/mol. The highest BCUT2D eigenvalue weighted by Gasteiger charge is 2.26. The van der Waals surface area contributed by atoms with Gasteiger partial charge in [0.1, 0.15) is 12.1 Å². The number of carbonyl (C=O) groups is 1. The molecule has 3 heterocycles. The van der Waals surface area contributed by atoms with E-state index >= 15 is 0 Å². The molecule has 1 aromatic carbocycles. The Morgan fingerprint density at radius 2 is 1.60 bits per heavy atom. The standard InChI is InChI=1S/C21H29N7O2/c1-2-30-18-6-4-3-5-17(18)26-11-13-28(14-12-26)21-24-15-23-20(25-21)27-9-7-16(8-10-27)19(22)29/h3-6,15-16H,2,7-14H2,1H3,(H2,22,29). The summed E-state index contributed by atoms with van der Waals surface area (Å²) < 4.78 is 5.78. The molecule has 0 unspecified atom stereocenters. The number of carbonyl (C=O) groups excluding carboxylic acids is 1. The summed E-state index contributed by atoms with van der Waals surface area (Å²) in [6.45, 7) is 7.52. The third-order valence-corrected chi connectivity index (χ3v) is 5.79. The lowest BCUT2D eigenvalue weighted by Crippen LogP contribution is -2.47. The van der Waals surface area contributed by atoms with Crippen LogP contribution in [0.25, 0.3) is 0 Å². The second-order valence-electron chi connectivity index (χ2n) is 7.62. The first kappa shape index (κ1) is 20.2. The van der Waals surface area contributed by atoms with Gasteiger partial charge in [0.25, 0.3) is 0 Å². The summed E-state index contributed by atoms with van der Waals surface area (Å²) in [5, 5.41) is 0. The highest BCUT2D eigenvalue weighted by atomic mass is 16.5. The highest BCUT2D eigenvalue weighted by Crippen LogP contribution is 2.29. The van der Waals surface area contributed by atoms with E-state index in [0.29, 0.717) is 18.5 Å². The third-order valence-electron chi connectivity index (χ3n) is 5.79. The number of benzene rings is 1. The first-order chi connectivity index (χ1) is 14.7. The molecule has 0 spiro atoms. The Kier molecular flexibility index (Phi) is 6.15. The quantitative estimate of drug-likeness (QED) is 0.759. The molecule has 9 nitrogen and oxygen atoms in total. The zero-order chi connectivity index (χ0) is 20.9. The SMILES string of the molecule is CCOc1ccccc1N1CCN(c2ncnc(N3CCC(C(N)=O)CC3)n2)CC1. The van der Waals surface area contributed by atoms with E-state index in [1.165, 1.54) is 0 Å². The molecule has 160 valence electrons. The van der Waals surface area contributed by atoms with Crippen molar-refractivity contribution in [2.24, 2.45) is 11.7 Å². The van der Waals surface area contributed by atoms with Gasteiger partial charge < -0.3 is 25.2 Å². The fraction of sp³-hybridized carbons (Fsp3) is 0.524. The van der Waals surface area contributed by atoms with Gasteiger partial charge in [0, 0.05) is 45.2 Å². The van der Waals surface area contributed by atoms with Crippen LogP contribution in [0.1, 0.15) is 19.8 Å². The van der Waals surface area contributed by atoms with Gasteiger partial charge in [0.15, 0.2) is 0 Å². The van der Waals surface area contributed by atoms with Crippen molar-refractivity contribution in [2.45, 2.75) is 19.8 Å². The van der Waals surface area contributed by atoms with Crippen molar-refractivity contribution in [2.75, 3.05) is 60.6 Å². The molecule has 0 aliphatic carbocycles. The van der Waals surface area contributed by atoms with E-state index in [1.54, 1.807) is 6.33 Å². The number of amides is 1. The molecule has 1 aromatic heterocycles. The second kappa shape index (κ2) is 9.15. The number of primary amides is 1. The van der Waals surface area contributed by atoms with Crippen molar-refractivity contribution in [3.63, 3.8) is 0 Å². The molecule has 0 saturated carbocycles. The Morgan fingerprint density at radius 3 is 2.23 bits per heavy atom. The van der Waals surface area contributed by atoms with Gasteiger partial charge in [-0.15, -0.1) is 0 Å². The van der Waals surface area contributed by atoms with Gasteiger partial charge in [0.05, 0.1) is 12.3 Å². The zero-order valence-corrected chi connectivity index (χ0v) is 17.4. The molecule has 9 heteroatoms. The molecule has 0 bridgehead atoms. The summed E-state index contributed by atoms with van der Waals surface area (Å²) in [6.07, 6.45) is 3.07. The number of rotatable bonds is 6. The molecule has 4 rings (SSSR count). The maximum atomic E-state index is 11.4. The van der Waals surface area contributed by atoms with Crippen LogP contribution < -0.4 is 25.2 Å². The molecule has 2 N–H and O–H groups in total. The molecule has 2 aliphatic rings. The molecule has 0 atom stereocenters. The highest BCUT2D eigenvalue weighted by molar-refractivity contribution is 5.76. The number of aromatic nitrogens is 3. The van der Waals surface area contributed by atoms with Gasteiger partial charge in [0.2, 0.25) is 17.8 Å². The summed E-state index contributed by atoms with van der Waals surface area (Å²) in [6, 6.07) is 8.18. The van der Waals surface area contributed by atoms with Crippen LogP contribution in [-0.2, 0) is 4.79 Å². The molecule has 1 amide bonds. The fourth-order valence-electron chi connectivity index (χ4n) is 4.09. The smallest absolute Gasteiger partial charge is 0.230 e. The van der Waals surface area contributed by atoms with Crippen LogP contribution in [0.4, 0.5) is 17.6 Å². The number of para-hydroxylation sites is 2. The summed E-state index contributed by atoms with van der Waals surface area (Å²) in [7, 11) is 0. The number of piperazine rings is 1. The van der Waals surface area contributed by atoms with Crippen LogP contribution >= 0.6 is 0 Å². The molecule has 30 heavy (non-hydrogen) atoms. The van der Waals surface area contributed by atoms with E-state index in [2.05, 4.69) is 30.7 Å². The van der Waals surface area contributed by atoms with Gasteiger partial charge in [-0.25, -0.2) is 9.97 Å². The monoisotopic (exact) mass is 411 g/mol. The number of anilines is 3. The summed E-state index contributed by atoms with van der Waals surface area (Å²) >= 11 is 0. The topological polar surface area (TPSA) is 101 Å². The number of nitrogens with two attached hydrogens (primary N) is 1. The average Bonchev–Trinajstić information content (AvgIpc) is 2.80. The predicted octanol–water partition coefficient (Wildman–Crippen LogP) is 1.30. The van der Waals surface area contributed by atoms with Crippen LogP contribution in [0.3, 0.4) is 0 Å². The van der Waals surface area contributed by atoms with Crippen molar-refractivity contribution in [3.8, 4) is 5.75 Å². The van der Waals surface area contributed by atoms with E-state index in [0.717, 1.165) is 63.5 Å². The Bertz CT molecular complexity index is 862. The van der Waals surface area contributed by atoms with Crippen LogP contribution in [0.15, 0.2) is 30.6 Å². The van der Waals surface area contributed by atoms with Gasteiger partial charge in [-0.2, -0.15) is 4.98 Å². The van der Waals surface area contributed by atoms with E-state index in [-0.39, 0.29) is 11.8 Å². The Balaban J connectivity index is 1.39. The summed E-state index contributed by atoms with van der Waals surface area (Å²) in [4.78, 5) is 31.5. The molecular formula is C21H29N7O2. The maximum Gasteiger partial charge on any atom is 0.230 e. The van der Waals surface area contributed by atoms with Crippen LogP contribution in [0.5, 0.6) is 5.75 Å². The number of piperidine rings is 1.